The lowest BCUT2D eigenvalue weighted by atomic mass is 10.0. The van der Waals surface area contributed by atoms with Gasteiger partial charge in [0.15, 0.2) is 11.5 Å². The van der Waals surface area contributed by atoms with E-state index in [2.05, 4.69) is 30.8 Å². The van der Waals surface area contributed by atoms with E-state index in [-0.39, 0.29) is 11.3 Å². The molecule has 3 nitrogen and oxygen atoms in total. The minimum Gasteiger partial charge on any atom is -0.493 e. The average molecular weight is 273 g/mol. The van der Waals surface area contributed by atoms with E-state index in [1.165, 1.54) is 7.11 Å². The maximum absolute atomic E-state index is 12.5. The van der Waals surface area contributed by atoms with Crippen molar-refractivity contribution >= 4 is 0 Å². The molecule has 0 fully saturated rings. The van der Waals surface area contributed by atoms with Gasteiger partial charge < -0.3 is 14.8 Å². The number of para-hydroxylation sites is 1. The summed E-state index contributed by atoms with van der Waals surface area (Å²) in [5.74, 6) is 0.410. The first-order valence-corrected chi connectivity index (χ1v) is 6.25. The number of benzene rings is 1. The lowest BCUT2D eigenvalue weighted by Crippen LogP contribution is -2.37. The smallest absolute Gasteiger partial charge is 0.387 e. The molecule has 0 atom stereocenters. The second kappa shape index (κ2) is 6.70. The van der Waals surface area contributed by atoms with Gasteiger partial charge in [-0.25, -0.2) is 0 Å². The van der Waals surface area contributed by atoms with Crippen molar-refractivity contribution in [2.45, 2.75) is 45.9 Å². The summed E-state index contributed by atoms with van der Waals surface area (Å²) >= 11 is 0. The van der Waals surface area contributed by atoms with Crippen molar-refractivity contribution in [1.82, 2.24) is 5.32 Å². The molecule has 0 radical (unpaired) electrons. The summed E-state index contributed by atoms with van der Waals surface area (Å²) in [4.78, 5) is 0. The van der Waals surface area contributed by atoms with Crippen molar-refractivity contribution in [1.29, 1.82) is 0 Å². The first-order valence-electron chi connectivity index (χ1n) is 6.25. The van der Waals surface area contributed by atoms with Gasteiger partial charge in [-0.2, -0.15) is 8.78 Å². The van der Waals surface area contributed by atoms with Crippen molar-refractivity contribution in [3.05, 3.63) is 23.8 Å². The summed E-state index contributed by atoms with van der Waals surface area (Å²) in [6, 6.07) is 5.11. The van der Waals surface area contributed by atoms with E-state index in [0.29, 0.717) is 17.9 Å². The molecule has 0 bridgehead atoms. The van der Waals surface area contributed by atoms with E-state index in [1.807, 2.05) is 0 Å². The number of rotatable bonds is 7. The Labute approximate surface area is 112 Å². The highest BCUT2D eigenvalue weighted by molar-refractivity contribution is 5.46. The van der Waals surface area contributed by atoms with Crippen LogP contribution in [-0.4, -0.2) is 19.3 Å². The number of hydrogen-bond donors (Lipinski definition) is 1. The van der Waals surface area contributed by atoms with Crippen LogP contribution in [0.2, 0.25) is 0 Å². The van der Waals surface area contributed by atoms with Gasteiger partial charge in [0.25, 0.3) is 0 Å². The van der Waals surface area contributed by atoms with Gasteiger partial charge in [0, 0.05) is 17.6 Å². The van der Waals surface area contributed by atoms with Crippen molar-refractivity contribution in [3.8, 4) is 11.5 Å². The molecule has 0 aromatic heterocycles. The minimum absolute atomic E-state index is 0.0643. The third kappa shape index (κ3) is 4.67. The van der Waals surface area contributed by atoms with Crippen LogP contribution in [0.15, 0.2) is 18.2 Å². The van der Waals surface area contributed by atoms with Crippen molar-refractivity contribution in [2.75, 3.05) is 7.11 Å². The quantitative estimate of drug-likeness (QED) is 0.823. The Morgan fingerprint density at radius 3 is 2.53 bits per heavy atom. The zero-order valence-corrected chi connectivity index (χ0v) is 11.8. The van der Waals surface area contributed by atoms with Gasteiger partial charge in [-0.15, -0.1) is 0 Å². The highest BCUT2D eigenvalue weighted by Gasteiger charge is 2.18. The molecule has 0 aliphatic carbocycles. The van der Waals surface area contributed by atoms with Crippen molar-refractivity contribution in [2.24, 2.45) is 0 Å². The predicted octanol–water partition coefficient (Wildman–Crippen LogP) is 3.57. The van der Waals surface area contributed by atoms with Gasteiger partial charge in [0.1, 0.15) is 0 Å². The number of alkyl halides is 2. The van der Waals surface area contributed by atoms with Crippen LogP contribution in [0.5, 0.6) is 11.5 Å². The molecular formula is C14H21F2NO2. The Kier molecular flexibility index (Phi) is 5.54. The number of hydrogen-bond acceptors (Lipinski definition) is 3. The van der Waals surface area contributed by atoms with Gasteiger partial charge in [-0.1, -0.05) is 19.1 Å². The molecule has 0 amide bonds. The van der Waals surface area contributed by atoms with Crippen LogP contribution < -0.4 is 14.8 Å². The molecule has 0 spiro atoms. The molecule has 0 heterocycles. The summed E-state index contributed by atoms with van der Waals surface area (Å²) in [6.07, 6.45) is 0.933. The fourth-order valence-electron chi connectivity index (χ4n) is 1.54. The Balaban J connectivity index is 2.93. The molecule has 0 aliphatic rings. The summed E-state index contributed by atoms with van der Waals surface area (Å²) in [5, 5.41) is 3.31. The fraction of sp³-hybridized carbons (Fsp3) is 0.571. The zero-order valence-electron chi connectivity index (χ0n) is 11.8. The van der Waals surface area contributed by atoms with Crippen LogP contribution in [0, 0.1) is 0 Å². The average Bonchev–Trinajstić information content (AvgIpc) is 2.37. The predicted molar refractivity (Wildman–Crippen MR) is 70.8 cm³/mol. The van der Waals surface area contributed by atoms with E-state index in [9.17, 15) is 8.78 Å². The van der Waals surface area contributed by atoms with Crippen LogP contribution in [0.25, 0.3) is 0 Å². The molecule has 19 heavy (non-hydrogen) atoms. The fourth-order valence-corrected chi connectivity index (χ4v) is 1.54. The van der Waals surface area contributed by atoms with Crippen molar-refractivity contribution < 1.29 is 18.3 Å². The molecule has 0 unspecified atom stereocenters. The third-order valence-corrected chi connectivity index (χ3v) is 3.13. The lowest BCUT2D eigenvalue weighted by molar-refractivity contribution is -0.0519. The maximum Gasteiger partial charge on any atom is 0.387 e. The topological polar surface area (TPSA) is 30.5 Å². The van der Waals surface area contributed by atoms with E-state index in [1.54, 1.807) is 18.2 Å². The van der Waals surface area contributed by atoms with Gasteiger partial charge in [-0.3, -0.25) is 0 Å². The zero-order chi connectivity index (χ0) is 14.5. The standard InChI is InChI=1S/C14H21F2NO2/c1-5-14(2,3)17-9-10-7-6-8-11(18-4)12(10)19-13(15)16/h6-8,13,17H,5,9H2,1-4H3. The Morgan fingerprint density at radius 1 is 1.32 bits per heavy atom. The molecule has 1 rings (SSSR count). The monoisotopic (exact) mass is 273 g/mol. The van der Waals surface area contributed by atoms with E-state index < -0.39 is 6.61 Å². The number of ether oxygens (including phenoxy) is 2. The number of methoxy groups -OCH3 is 1. The first kappa shape index (κ1) is 15.7. The SMILES string of the molecule is CCC(C)(C)NCc1cccc(OC)c1OC(F)F. The summed E-state index contributed by atoms with van der Waals surface area (Å²) < 4.78 is 34.5. The molecule has 0 aliphatic heterocycles. The lowest BCUT2D eigenvalue weighted by Gasteiger charge is -2.25. The molecule has 108 valence electrons. The summed E-state index contributed by atoms with van der Waals surface area (Å²) in [5.41, 5.74) is 0.590. The van der Waals surface area contributed by atoms with E-state index in [0.717, 1.165) is 6.42 Å². The molecule has 5 heteroatoms. The largest absolute Gasteiger partial charge is 0.493 e. The molecule has 0 saturated heterocycles. The number of halogens is 2. The highest BCUT2D eigenvalue weighted by Crippen LogP contribution is 2.32. The van der Waals surface area contributed by atoms with Gasteiger partial charge in [0.05, 0.1) is 7.11 Å². The molecule has 1 aromatic carbocycles. The minimum atomic E-state index is -2.87. The third-order valence-electron chi connectivity index (χ3n) is 3.13. The Hall–Kier alpha value is -1.36. The molecular weight excluding hydrogens is 252 g/mol. The van der Waals surface area contributed by atoms with Crippen LogP contribution in [0.3, 0.4) is 0 Å². The van der Waals surface area contributed by atoms with Crippen LogP contribution in [0.1, 0.15) is 32.8 Å². The summed E-state index contributed by atoms with van der Waals surface area (Å²) in [7, 11) is 1.43. The van der Waals surface area contributed by atoms with Gasteiger partial charge >= 0.3 is 6.61 Å². The Bertz CT molecular complexity index is 408. The maximum atomic E-state index is 12.5. The van der Waals surface area contributed by atoms with Gasteiger partial charge in [0.2, 0.25) is 0 Å². The van der Waals surface area contributed by atoms with E-state index in [4.69, 9.17) is 4.74 Å². The Morgan fingerprint density at radius 2 is 2.00 bits per heavy atom. The second-order valence-electron chi connectivity index (χ2n) is 4.92. The summed E-state index contributed by atoms with van der Waals surface area (Å²) in [6.45, 7) is 3.76. The van der Waals surface area contributed by atoms with Crippen LogP contribution in [0.4, 0.5) is 8.78 Å². The molecule has 1 N–H and O–H groups in total. The normalized spacial score (nSPS) is 11.7. The van der Waals surface area contributed by atoms with Crippen molar-refractivity contribution in [3.63, 3.8) is 0 Å². The second-order valence-corrected chi connectivity index (χ2v) is 4.92. The molecule has 0 saturated carbocycles. The van der Waals surface area contributed by atoms with Crippen LogP contribution in [-0.2, 0) is 6.54 Å². The van der Waals surface area contributed by atoms with Gasteiger partial charge in [-0.05, 0) is 26.3 Å². The highest BCUT2D eigenvalue weighted by atomic mass is 19.3. The number of nitrogens with one attached hydrogen (secondary N) is 1. The van der Waals surface area contributed by atoms with Crippen LogP contribution >= 0.6 is 0 Å². The molecule has 1 aromatic rings. The first-order chi connectivity index (χ1) is 8.89. The van der Waals surface area contributed by atoms with E-state index >= 15 is 0 Å².